The van der Waals surface area contributed by atoms with Crippen molar-refractivity contribution in [1.82, 2.24) is 4.98 Å². The van der Waals surface area contributed by atoms with Crippen LogP contribution in [0.25, 0.3) is 0 Å². The van der Waals surface area contributed by atoms with Crippen molar-refractivity contribution in [1.29, 1.82) is 0 Å². The second kappa shape index (κ2) is 4.18. The van der Waals surface area contributed by atoms with Crippen LogP contribution in [0.15, 0.2) is 6.20 Å². The molecule has 94 valence electrons. The average molecular weight is 260 g/mol. The molecule has 1 aromatic rings. The third-order valence-electron chi connectivity index (χ3n) is 1.74. The van der Waals surface area contributed by atoms with Crippen molar-refractivity contribution in [3.8, 4) is 0 Å². The van der Waals surface area contributed by atoms with Crippen LogP contribution in [0.1, 0.15) is 17.6 Å². The molecular formula is C7H2F6N2O2. The van der Waals surface area contributed by atoms with Crippen LogP contribution in [0.3, 0.4) is 0 Å². The van der Waals surface area contributed by atoms with Gasteiger partial charge in [-0.15, -0.1) is 0 Å². The Labute approximate surface area is 89.0 Å². The Morgan fingerprint density at radius 1 is 1.35 bits per heavy atom. The number of nitrogens with zero attached hydrogens (tertiary/aromatic N) is 2. The zero-order valence-electron chi connectivity index (χ0n) is 7.63. The van der Waals surface area contributed by atoms with Gasteiger partial charge in [0.25, 0.3) is 6.43 Å². The predicted octanol–water partition coefficient (Wildman–Crippen LogP) is 3.09. The highest BCUT2D eigenvalue weighted by atomic mass is 19.4. The second-order valence-corrected chi connectivity index (χ2v) is 2.78. The molecule has 0 radical (unpaired) electrons. The normalized spacial score (nSPS) is 11.9. The van der Waals surface area contributed by atoms with Gasteiger partial charge in [-0.2, -0.15) is 17.6 Å². The molecule has 0 aromatic carbocycles. The van der Waals surface area contributed by atoms with Crippen LogP contribution in [0, 0.1) is 15.9 Å². The predicted molar refractivity (Wildman–Crippen MR) is 40.8 cm³/mol. The number of nitro groups is 1. The van der Waals surface area contributed by atoms with E-state index < -0.39 is 40.3 Å². The summed E-state index contributed by atoms with van der Waals surface area (Å²) in [5, 5.41) is 10.1. The van der Waals surface area contributed by atoms with Gasteiger partial charge in [0.2, 0.25) is 5.82 Å². The molecule has 10 heteroatoms. The first-order valence-electron chi connectivity index (χ1n) is 3.84. The Morgan fingerprint density at radius 3 is 2.24 bits per heavy atom. The van der Waals surface area contributed by atoms with Gasteiger partial charge in [0.05, 0.1) is 5.56 Å². The van der Waals surface area contributed by atoms with Crippen LogP contribution in [0.2, 0.25) is 0 Å². The Balaban J connectivity index is 3.57. The fourth-order valence-electron chi connectivity index (χ4n) is 1.06. The lowest BCUT2D eigenvalue weighted by Gasteiger charge is -2.10. The van der Waals surface area contributed by atoms with E-state index in [9.17, 15) is 36.5 Å². The van der Waals surface area contributed by atoms with Crippen LogP contribution in [-0.4, -0.2) is 9.91 Å². The van der Waals surface area contributed by atoms with Gasteiger partial charge in [0.1, 0.15) is 5.56 Å². The van der Waals surface area contributed by atoms with Gasteiger partial charge in [-0.1, -0.05) is 0 Å². The van der Waals surface area contributed by atoms with Gasteiger partial charge in [-0.05, 0) is 9.91 Å². The van der Waals surface area contributed by atoms with Crippen molar-refractivity contribution in [3.63, 3.8) is 0 Å². The molecule has 0 amide bonds. The summed E-state index contributed by atoms with van der Waals surface area (Å²) in [7, 11) is 0. The monoisotopic (exact) mass is 260 g/mol. The number of hydrogen-bond donors (Lipinski definition) is 0. The molecule has 0 atom stereocenters. The fourth-order valence-corrected chi connectivity index (χ4v) is 1.06. The lowest BCUT2D eigenvalue weighted by atomic mass is 10.1. The average Bonchev–Trinajstić information content (AvgIpc) is 2.14. The Bertz CT molecular complexity index is 458. The maximum absolute atomic E-state index is 13.1. The highest BCUT2D eigenvalue weighted by molar-refractivity contribution is 5.37. The minimum atomic E-state index is -5.27. The molecule has 1 rings (SSSR count). The zero-order valence-corrected chi connectivity index (χ0v) is 7.63. The maximum Gasteiger partial charge on any atom is 0.420 e. The summed E-state index contributed by atoms with van der Waals surface area (Å²) < 4.78 is 74.3. The first-order chi connectivity index (χ1) is 7.66. The minimum absolute atomic E-state index is 0.192. The highest BCUT2D eigenvalue weighted by Crippen LogP contribution is 2.38. The van der Waals surface area contributed by atoms with Crippen LogP contribution in [-0.2, 0) is 6.18 Å². The van der Waals surface area contributed by atoms with Crippen LogP contribution in [0.5, 0.6) is 0 Å². The number of rotatable bonds is 2. The van der Waals surface area contributed by atoms with Crippen molar-refractivity contribution in [2.24, 2.45) is 0 Å². The van der Waals surface area contributed by atoms with E-state index in [0.29, 0.717) is 0 Å². The quantitative estimate of drug-likeness (QED) is 0.466. The minimum Gasteiger partial charge on any atom is -0.358 e. The van der Waals surface area contributed by atoms with Crippen molar-refractivity contribution in [2.75, 3.05) is 0 Å². The summed E-state index contributed by atoms with van der Waals surface area (Å²) in [4.78, 5) is 11.2. The summed E-state index contributed by atoms with van der Waals surface area (Å²) in [5.74, 6) is -3.95. The summed E-state index contributed by atoms with van der Waals surface area (Å²) in [6.45, 7) is 0. The lowest BCUT2D eigenvalue weighted by molar-refractivity contribution is -0.392. The fraction of sp³-hybridized carbons (Fsp3) is 0.286. The molecule has 0 fully saturated rings. The molecule has 1 heterocycles. The summed E-state index contributed by atoms with van der Waals surface area (Å²) in [5.41, 5.74) is -4.10. The number of halogens is 6. The molecule has 0 spiro atoms. The van der Waals surface area contributed by atoms with Crippen molar-refractivity contribution >= 4 is 5.82 Å². The Morgan fingerprint density at radius 2 is 1.88 bits per heavy atom. The SMILES string of the molecule is O=[N+]([O-])c1ncc(C(F)(F)F)c(C(F)F)c1F. The van der Waals surface area contributed by atoms with Gasteiger partial charge in [-0.25, -0.2) is 8.78 Å². The largest absolute Gasteiger partial charge is 0.420 e. The van der Waals surface area contributed by atoms with E-state index >= 15 is 0 Å². The molecule has 0 aliphatic heterocycles. The standard InChI is InChI=1S/C7H2F6N2O2/c8-4-3(5(9)10)2(7(11,12)13)1-14-6(4)15(16)17/h1,5H. The van der Waals surface area contributed by atoms with E-state index in [1.165, 1.54) is 0 Å². The second-order valence-electron chi connectivity index (χ2n) is 2.78. The molecule has 0 bridgehead atoms. The third kappa shape index (κ3) is 2.45. The van der Waals surface area contributed by atoms with Crippen LogP contribution in [0.4, 0.5) is 32.2 Å². The first-order valence-corrected chi connectivity index (χ1v) is 3.84. The van der Waals surface area contributed by atoms with Crippen LogP contribution < -0.4 is 0 Å². The summed E-state index contributed by atoms with van der Waals surface area (Å²) >= 11 is 0. The lowest BCUT2D eigenvalue weighted by Crippen LogP contribution is -2.14. The Kier molecular flexibility index (Phi) is 3.25. The molecule has 17 heavy (non-hydrogen) atoms. The molecule has 0 saturated carbocycles. The maximum atomic E-state index is 13.1. The molecule has 0 unspecified atom stereocenters. The van der Waals surface area contributed by atoms with E-state index in [4.69, 9.17) is 0 Å². The molecule has 0 saturated heterocycles. The van der Waals surface area contributed by atoms with Crippen LogP contribution >= 0.6 is 0 Å². The number of hydrogen-bond acceptors (Lipinski definition) is 3. The molecule has 0 N–H and O–H groups in total. The number of aromatic nitrogens is 1. The molecule has 0 aliphatic carbocycles. The smallest absolute Gasteiger partial charge is 0.358 e. The molecule has 0 aliphatic rings. The topological polar surface area (TPSA) is 56.0 Å². The highest BCUT2D eigenvalue weighted by Gasteiger charge is 2.41. The van der Waals surface area contributed by atoms with E-state index in [-0.39, 0.29) is 6.20 Å². The van der Waals surface area contributed by atoms with Crippen molar-refractivity contribution in [2.45, 2.75) is 12.6 Å². The first kappa shape index (κ1) is 13.2. The van der Waals surface area contributed by atoms with Crippen molar-refractivity contribution in [3.05, 3.63) is 33.3 Å². The van der Waals surface area contributed by atoms with Gasteiger partial charge in [0, 0.05) is 0 Å². The van der Waals surface area contributed by atoms with E-state index in [2.05, 4.69) is 4.98 Å². The molecular weight excluding hydrogens is 258 g/mol. The van der Waals surface area contributed by atoms with Gasteiger partial charge in [0.15, 0.2) is 6.20 Å². The Hall–Kier alpha value is -1.87. The van der Waals surface area contributed by atoms with Gasteiger partial charge >= 0.3 is 12.0 Å². The number of pyridine rings is 1. The van der Waals surface area contributed by atoms with E-state index in [1.54, 1.807) is 0 Å². The van der Waals surface area contributed by atoms with Crippen molar-refractivity contribution < 1.29 is 31.3 Å². The van der Waals surface area contributed by atoms with Gasteiger partial charge in [-0.3, -0.25) is 0 Å². The number of alkyl halides is 5. The third-order valence-corrected chi connectivity index (χ3v) is 1.74. The summed E-state index contributed by atoms with van der Waals surface area (Å²) in [6.07, 6.45) is -9.30. The van der Waals surface area contributed by atoms with E-state index in [1.807, 2.05) is 0 Å². The molecule has 1 aromatic heterocycles. The van der Waals surface area contributed by atoms with E-state index in [0.717, 1.165) is 0 Å². The zero-order chi connectivity index (χ0) is 13.4. The molecule has 4 nitrogen and oxygen atoms in total. The summed E-state index contributed by atoms with van der Waals surface area (Å²) in [6, 6.07) is 0. The van der Waals surface area contributed by atoms with Gasteiger partial charge < -0.3 is 10.1 Å².